The minimum atomic E-state index is -1.63. The average molecular weight is 549 g/mol. The summed E-state index contributed by atoms with van der Waals surface area (Å²) < 4.78 is 0. The molecule has 0 aromatic heterocycles. The summed E-state index contributed by atoms with van der Waals surface area (Å²) in [6.45, 7) is 0. The van der Waals surface area contributed by atoms with E-state index in [9.17, 15) is 39.0 Å². The van der Waals surface area contributed by atoms with E-state index < -0.39 is 83.7 Å². The molecule has 0 spiro atoms. The second-order valence-corrected chi connectivity index (χ2v) is 9.60. The van der Waals surface area contributed by atoms with Crippen LogP contribution in [0.1, 0.15) is 24.0 Å². The minimum Gasteiger partial charge on any atom is -0.478 e. The molecule has 4 amide bonds. The molecule has 2 aromatic rings. The average Bonchev–Trinajstić information content (AvgIpc) is 2.92. The largest absolute Gasteiger partial charge is 0.478 e. The first-order chi connectivity index (χ1) is 19.1. The Kier molecular flexibility index (Phi) is 8.57. The Balaban J connectivity index is 1.46. The van der Waals surface area contributed by atoms with Crippen molar-refractivity contribution in [3.05, 3.63) is 82.9 Å². The number of carbonyl (C=O) groups is 6. The standard InChI is InChI=1S/C28H28N4O8/c33-23-19(11-15-7-3-1-4-8-15)29-25(35)21(31-23)13-17(27(37)38)18(28(39)40)14-22-26(36)30-20(24(34)32-22)12-16-9-5-2-6-10-16/h1-10,19-22H,11-14H2,(H,29,35)(H,30,36)(H,31,33)(H,32,34)(H,37,38)(H,39,40)/b18-17+/t19-,20-,21-,22-/m0/s1. The molecule has 40 heavy (non-hydrogen) atoms. The van der Waals surface area contributed by atoms with Crippen LogP contribution >= 0.6 is 0 Å². The van der Waals surface area contributed by atoms with Crippen LogP contribution in [-0.2, 0) is 41.6 Å². The molecule has 0 aliphatic carbocycles. The van der Waals surface area contributed by atoms with Crippen molar-refractivity contribution in [2.75, 3.05) is 0 Å². The number of benzene rings is 2. The number of rotatable bonds is 10. The van der Waals surface area contributed by atoms with Crippen LogP contribution in [0.25, 0.3) is 0 Å². The smallest absolute Gasteiger partial charge is 0.332 e. The van der Waals surface area contributed by atoms with Crippen molar-refractivity contribution < 1.29 is 39.0 Å². The lowest BCUT2D eigenvalue weighted by Gasteiger charge is -2.31. The molecular formula is C28H28N4O8. The van der Waals surface area contributed by atoms with Gasteiger partial charge < -0.3 is 31.5 Å². The molecule has 12 heteroatoms. The zero-order valence-electron chi connectivity index (χ0n) is 21.3. The van der Waals surface area contributed by atoms with E-state index in [4.69, 9.17) is 0 Å². The Bertz CT molecular complexity index is 1260. The fraction of sp³-hybridized carbons (Fsp3) is 0.286. The van der Waals surface area contributed by atoms with Gasteiger partial charge in [-0.1, -0.05) is 60.7 Å². The van der Waals surface area contributed by atoms with Gasteiger partial charge in [0.05, 0.1) is 11.1 Å². The summed E-state index contributed by atoms with van der Waals surface area (Å²) in [5.41, 5.74) is 0.282. The van der Waals surface area contributed by atoms with Crippen molar-refractivity contribution in [3.63, 3.8) is 0 Å². The molecule has 0 radical (unpaired) electrons. The molecule has 6 N–H and O–H groups in total. The first kappa shape index (κ1) is 28.0. The summed E-state index contributed by atoms with van der Waals surface area (Å²) >= 11 is 0. The van der Waals surface area contributed by atoms with Gasteiger partial charge in [-0.2, -0.15) is 0 Å². The quantitative estimate of drug-likeness (QED) is 0.218. The third kappa shape index (κ3) is 6.70. The molecule has 0 saturated carbocycles. The lowest BCUT2D eigenvalue weighted by Crippen LogP contribution is -2.62. The maximum Gasteiger partial charge on any atom is 0.332 e. The molecule has 2 aliphatic rings. The van der Waals surface area contributed by atoms with E-state index in [1.165, 1.54) is 0 Å². The number of hydrogen-bond donors (Lipinski definition) is 6. The van der Waals surface area contributed by atoms with Gasteiger partial charge in [0, 0.05) is 25.7 Å². The fourth-order valence-electron chi connectivity index (χ4n) is 4.71. The monoisotopic (exact) mass is 548 g/mol. The molecule has 2 heterocycles. The van der Waals surface area contributed by atoms with Gasteiger partial charge >= 0.3 is 11.9 Å². The highest BCUT2D eigenvalue weighted by Crippen LogP contribution is 2.21. The van der Waals surface area contributed by atoms with Crippen LogP contribution in [0.4, 0.5) is 0 Å². The maximum absolute atomic E-state index is 12.8. The summed E-state index contributed by atoms with van der Waals surface area (Å²) in [6.07, 6.45) is -0.833. The Labute approximate surface area is 228 Å². The highest BCUT2D eigenvalue weighted by molar-refractivity contribution is 6.03. The predicted octanol–water partition coefficient (Wildman–Crippen LogP) is -0.316. The molecule has 4 atom stereocenters. The van der Waals surface area contributed by atoms with E-state index in [0.717, 1.165) is 11.1 Å². The Morgan fingerprint density at radius 2 is 0.825 bits per heavy atom. The molecule has 12 nitrogen and oxygen atoms in total. The SMILES string of the molecule is O=C(O)/C(C[C@@H]1NC(=O)[C@H](Cc2ccccc2)NC1=O)=C(\C[C@@H]1NC(=O)[C@H](Cc2ccccc2)NC1=O)C(=O)O. The summed E-state index contributed by atoms with van der Waals surface area (Å²) in [4.78, 5) is 75.0. The summed E-state index contributed by atoms with van der Waals surface area (Å²) in [5.74, 6) is -5.68. The van der Waals surface area contributed by atoms with E-state index in [2.05, 4.69) is 21.3 Å². The Hall–Kier alpha value is -5.00. The van der Waals surface area contributed by atoms with E-state index in [1.54, 1.807) is 48.5 Å². The van der Waals surface area contributed by atoms with Gasteiger partial charge in [0.15, 0.2) is 0 Å². The van der Waals surface area contributed by atoms with Crippen LogP contribution in [0.15, 0.2) is 71.8 Å². The van der Waals surface area contributed by atoms with Crippen molar-refractivity contribution in [3.8, 4) is 0 Å². The number of nitrogens with one attached hydrogen (secondary N) is 4. The third-order valence-electron chi connectivity index (χ3n) is 6.79. The van der Waals surface area contributed by atoms with Crippen molar-refractivity contribution in [2.45, 2.75) is 49.9 Å². The van der Waals surface area contributed by atoms with E-state index >= 15 is 0 Å². The van der Waals surface area contributed by atoms with Crippen LogP contribution < -0.4 is 21.3 Å². The van der Waals surface area contributed by atoms with Crippen LogP contribution in [0.5, 0.6) is 0 Å². The fourth-order valence-corrected chi connectivity index (χ4v) is 4.71. The van der Waals surface area contributed by atoms with Gasteiger partial charge in [-0.3, -0.25) is 19.2 Å². The van der Waals surface area contributed by atoms with E-state index in [-0.39, 0.29) is 12.8 Å². The normalized spacial score (nSPS) is 23.2. The minimum absolute atomic E-state index is 0.217. The molecule has 4 rings (SSSR count). The summed E-state index contributed by atoms with van der Waals surface area (Å²) in [6, 6.07) is 13.5. The van der Waals surface area contributed by atoms with Gasteiger partial charge in [-0.25, -0.2) is 9.59 Å². The zero-order chi connectivity index (χ0) is 28.8. The van der Waals surface area contributed by atoms with Gasteiger partial charge in [0.2, 0.25) is 23.6 Å². The highest BCUT2D eigenvalue weighted by atomic mass is 16.4. The lowest BCUT2D eigenvalue weighted by molar-refractivity contribution is -0.139. The molecular weight excluding hydrogens is 520 g/mol. The number of hydrogen-bond acceptors (Lipinski definition) is 6. The van der Waals surface area contributed by atoms with Crippen LogP contribution in [-0.4, -0.2) is 69.9 Å². The number of carboxylic acids is 2. The lowest BCUT2D eigenvalue weighted by atomic mass is 9.92. The van der Waals surface area contributed by atoms with Crippen molar-refractivity contribution in [1.29, 1.82) is 0 Å². The van der Waals surface area contributed by atoms with Crippen LogP contribution in [0.3, 0.4) is 0 Å². The predicted molar refractivity (Wildman–Crippen MR) is 140 cm³/mol. The number of piperazine rings is 2. The van der Waals surface area contributed by atoms with Crippen LogP contribution in [0, 0.1) is 0 Å². The number of aliphatic carboxylic acids is 2. The van der Waals surface area contributed by atoms with Crippen LogP contribution in [0.2, 0.25) is 0 Å². The second kappa shape index (κ2) is 12.2. The van der Waals surface area contributed by atoms with Crippen molar-refractivity contribution in [1.82, 2.24) is 21.3 Å². The van der Waals surface area contributed by atoms with Crippen molar-refractivity contribution >= 4 is 35.6 Å². The molecule has 0 bridgehead atoms. The molecule has 2 aliphatic heterocycles. The van der Waals surface area contributed by atoms with E-state index in [0.29, 0.717) is 0 Å². The molecule has 2 aromatic carbocycles. The molecule has 208 valence electrons. The van der Waals surface area contributed by atoms with E-state index in [1.807, 2.05) is 12.1 Å². The number of carboxylic acid groups (broad SMARTS) is 2. The molecule has 0 unspecified atom stereocenters. The van der Waals surface area contributed by atoms with Crippen molar-refractivity contribution in [2.24, 2.45) is 0 Å². The van der Waals surface area contributed by atoms with Gasteiger partial charge in [-0.15, -0.1) is 0 Å². The van der Waals surface area contributed by atoms with Gasteiger partial charge in [0.1, 0.15) is 24.2 Å². The molecule has 2 saturated heterocycles. The number of carbonyl (C=O) groups excluding carboxylic acids is 4. The second-order valence-electron chi connectivity index (χ2n) is 9.60. The zero-order valence-corrected chi connectivity index (χ0v) is 21.3. The third-order valence-corrected chi connectivity index (χ3v) is 6.79. The first-order valence-corrected chi connectivity index (χ1v) is 12.6. The summed E-state index contributed by atoms with van der Waals surface area (Å²) in [7, 11) is 0. The number of amides is 4. The Morgan fingerprint density at radius 1 is 0.525 bits per heavy atom. The van der Waals surface area contributed by atoms with Gasteiger partial charge in [0.25, 0.3) is 0 Å². The Morgan fingerprint density at radius 3 is 1.15 bits per heavy atom. The maximum atomic E-state index is 12.8. The molecule has 2 fully saturated rings. The summed E-state index contributed by atoms with van der Waals surface area (Å²) in [5, 5.41) is 29.7. The highest BCUT2D eigenvalue weighted by Gasteiger charge is 2.39. The first-order valence-electron chi connectivity index (χ1n) is 12.6. The van der Waals surface area contributed by atoms with Gasteiger partial charge in [-0.05, 0) is 11.1 Å². The topological polar surface area (TPSA) is 191 Å².